The first-order valence-electron chi connectivity index (χ1n) is 10.9. The summed E-state index contributed by atoms with van der Waals surface area (Å²) in [6.07, 6.45) is 2.69. The summed E-state index contributed by atoms with van der Waals surface area (Å²) in [4.78, 5) is 24.1. The lowest BCUT2D eigenvalue weighted by atomic mass is 9.85. The molecule has 1 heterocycles. The van der Waals surface area contributed by atoms with Gasteiger partial charge in [0.15, 0.2) is 0 Å². The summed E-state index contributed by atoms with van der Waals surface area (Å²) in [5, 5.41) is 15.9. The maximum absolute atomic E-state index is 15.0. The van der Waals surface area contributed by atoms with Crippen LogP contribution >= 0.6 is 11.6 Å². The molecule has 0 fully saturated rings. The monoisotopic (exact) mass is 533 g/mol. The maximum atomic E-state index is 15.0. The Labute approximate surface area is 213 Å². The van der Waals surface area contributed by atoms with E-state index in [2.05, 4.69) is 10.5 Å². The molecular formula is C25H25ClFN3O5S. The number of benzene rings is 2. The van der Waals surface area contributed by atoms with Gasteiger partial charge in [0.25, 0.3) is 5.91 Å². The lowest BCUT2D eigenvalue weighted by Gasteiger charge is -2.20. The van der Waals surface area contributed by atoms with E-state index >= 15 is 0 Å². The topological polar surface area (TPSA) is 118 Å². The van der Waals surface area contributed by atoms with Gasteiger partial charge in [-0.2, -0.15) is 0 Å². The van der Waals surface area contributed by atoms with E-state index in [-0.39, 0.29) is 35.0 Å². The number of nitrogens with zero attached hydrogens (tertiary/aromatic N) is 2. The number of aromatic nitrogens is 1. The summed E-state index contributed by atoms with van der Waals surface area (Å²) in [5.41, 5.74) is 1.72. The molecule has 190 valence electrons. The molecule has 0 radical (unpaired) electrons. The number of amides is 1. The van der Waals surface area contributed by atoms with Crippen molar-refractivity contribution in [3.63, 3.8) is 0 Å². The molecule has 1 aromatic heterocycles. The molecule has 0 bridgehead atoms. The van der Waals surface area contributed by atoms with E-state index in [1.165, 1.54) is 29.0 Å². The Kier molecular flexibility index (Phi) is 8.65. The van der Waals surface area contributed by atoms with Crippen LogP contribution in [0.15, 0.2) is 70.7 Å². The fourth-order valence-electron chi connectivity index (χ4n) is 3.68. The van der Waals surface area contributed by atoms with Crippen molar-refractivity contribution in [2.24, 2.45) is 12.2 Å². The van der Waals surface area contributed by atoms with Crippen LogP contribution in [-0.4, -0.2) is 48.4 Å². The molecule has 3 rings (SSSR count). The van der Waals surface area contributed by atoms with Crippen LogP contribution < -0.4 is 10.9 Å². The van der Waals surface area contributed by atoms with Crippen molar-refractivity contribution in [2.45, 2.75) is 12.3 Å². The third kappa shape index (κ3) is 7.02. The van der Waals surface area contributed by atoms with Gasteiger partial charge in [0.2, 0.25) is 5.56 Å². The number of halogens is 2. The third-order valence-electron chi connectivity index (χ3n) is 5.61. The standard InChI is InChI=1S/C25H25ClFN3O5S/c1-30-15-18(7-10-24(30)31)23(29-33)14-21(20-9-8-19(26)13-22(20)27)16-3-5-17(6-4-16)25(32)28-11-12-36(2,34)35/h3-10,13,15,21,33H,11-12,14H2,1-2H3,(H,28,32). The Morgan fingerprint density at radius 3 is 2.39 bits per heavy atom. The van der Waals surface area contributed by atoms with E-state index in [0.29, 0.717) is 22.3 Å². The number of hydrogen-bond acceptors (Lipinski definition) is 6. The Balaban J connectivity index is 1.93. The van der Waals surface area contributed by atoms with Gasteiger partial charge < -0.3 is 15.1 Å². The predicted molar refractivity (Wildman–Crippen MR) is 136 cm³/mol. The lowest BCUT2D eigenvalue weighted by molar-refractivity contribution is 0.0956. The van der Waals surface area contributed by atoms with Gasteiger partial charge in [-0.15, -0.1) is 0 Å². The van der Waals surface area contributed by atoms with E-state index < -0.39 is 27.5 Å². The predicted octanol–water partition coefficient (Wildman–Crippen LogP) is 3.35. The van der Waals surface area contributed by atoms with E-state index in [1.807, 2.05) is 0 Å². The highest BCUT2D eigenvalue weighted by Gasteiger charge is 2.23. The van der Waals surface area contributed by atoms with Gasteiger partial charge in [-0.25, -0.2) is 12.8 Å². The summed E-state index contributed by atoms with van der Waals surface area (Å²) >= 11 is 5.94. The first-order chi connectivity index (χ1) is 17.0. The highest BCUT2D eigenvalue weighted by atomic mass is 35.5. The number of aryl methyl sites for hydroxylation is 1. The van der Waals surface area contributed by atoms with Crippen LogP contribution in [0.25, 0.3) is 0 Å². The molecule has 11 heteroatoms. The van der Waals surface area contributed by atoms with Crippen molar-refractivity contribution in [3.05, 3.63) is 104 Å². The number of rotatable bonds is 9. The first-order valence-corrected chi connectivity index (χ1v) is 13.3. The molecule has 0 saturated heterocycles. The molecule has 8 nitrogen and oxygen atoms in total. The van der Waals surface area contributed by atoms with Gasteiger partial charge in [0.1, 0.15) is 15.7 Å². The van der Waals surface area contributed by atoms with Crippen LogP contribution in [0.4, 0.5) is 4.39 Å². The molecule has 3 aromatic rings. The Bertz CT molecular complexity index is 1450. The second-order valence-electron chi connectivity index (χ2n) is 8.34. The van der Waals surface area contributed by atoms with Crippen LogP contribution in [0.3, 0.4) is 0 Å². The summed E-state index contributed by atoms with van der Waals surface area (Å²) in [6.45, 7) is -0.0199. The van der Waals surface area contributed by atoms with Crippen LogP contribution in [0, 0.1) is 5.82 Å². The summed E-state index contributed by atoms with van der Waals surface area (Å²) in [7, 11) is -1.64. The number of oxime groups is 1. The van der Waals surface area contributed by atoms with E-state index in [0.717, 1.165) is 6.26 Å². The number of carbonyl (C=O) groups is 1. The zero-order chi connectivity index (χ0) is 26.5. The minimum Gasteiger partial charge on any atom is -0.411 e. The number of hydrogen-bond donors (Lipinski definition) is 2. The van der Waals surface area contributed by atoms with E-state index in [4.69, 9.17) is 11.6 Å². The van der Waals surface area contributed by atoms with Crippen LogP contribution in [-0.2, 0) is 16.9 Å². The van der Waals surface area contributed by atoms with E-state index in [1.54, 1.807) is 43.4 Å². The highest BCUT2D eigenvalue weighted by molar-refractivity contribution is 7.90. The van der Waals surface area contributed by atoms with Gasteiger partial charge in [-0.3, -0.25) is 9.59 Å². The lowest BCUT2D eigenvalue weighted by Crippen LogP contribution is -2.28. The number of nitrogens with one attached hydrogen (secondary N) is 1. The highest BCUT2D eigenvalue weighted by Crippen LogP contribution is 2.33. The molecule has 1 amide bonds. The number of carbonyl (C=O) groups excluding carboxylic acids is 1. The summed E-state index contributed by atoms with van der Waals surface area (Å²) in [5.74, 6) is -1.79. The second kappa shape index (κ2) is 11.5. The third-order valence-corrected chi connectivity index (χ3v) is 6.79. The van der Waals surface area contributed by atoms with Crippen molar-refractivity contribution in [2.75, 3.05) is 18.6 Å². The van der Waals surface area contributed by atoms with Crippen molar-refractivity contribution < 1.29 is 22.8 Å². The molecular weight excluding hydrogens is 509 g/mol. The van der Waals surface area contributed by atoms with Crippen LogP contribution in [0.2, 0.25) is 5.02 Å². The average molecular weight is 534 g/mol. The minimum absolute atomic E-state index is 0.0199. The average Bonchev–Trinajstić information content (AvgIpc) is 2.82. The summed E-state index contributed by atoms with van der Waals surface area (Å²) in [6, 6.07) is 13.6. The first kappa shape index (κ1) is 27.1. The van der Waals surface area contributed by atoms with Gasteiger partial charge in [0, 0.05) is 60.6 Å². The fraction of sp³-hybridized carbons (Fsp3) is 0.240. The van der Waals surface area contributed by atoms with Gasteiger partial charge in [-0.05, 0) is 41.5 Å². The molecule has 0 aliphatic heterocycles. The molecule has 0 saturated carbocycles. The van der Waals surface area contributed by atoms with Crippen molar-refractivity contribution in [1.82, 2.24) is 9.88 Å². The van der Waals surface area contributed by atoms with Crippen molar-refractivity contribution in [1.29, 1.82) is 0 Å². The molecule has 1 unspecified atom stereocenters. The van der Waals surface area contributed by atoms with Crippen molar-refractivity contribution >= 4 is 33.1 Å². The summed E-state index contributed by atoms with van der Waals surface area (Å²) < 4.78 is 38.8. The van der Waals surface area contributed by atoms with Crippen LogP contribution in [0.5, 0.6) is 0 Å². The van der Waals surface area contributed by atoms with Gasteiger partial charge in [0.05, 0.1) is 11.5 Å². The minimum atomic E-state index is -3.21. The molecule has 0 aliphatic carbocycles. The zero-order valence-corrected chi connectivity index (χ0v) is 21.2. The normalized spacial score (nSPS) is 12.8. The maximum Gasteiger partial charge on any atom is 0.251 e. The van der Waals surface area contributed by atoms with Gasteiger partial charge >= 0.3 is 0 Å². The smallest absolute Gasteiger partial charge is 0.251 e. The zero-order valence-electron chi connectivity index (χ0n) is 19.6. The molecule has 1 atom stereocenters. The molecule has 2 aromatic carbocycles. The van der Waals surface area contributed by atoms with Crippen LogP contribution in [0.1, 0.15) is 39.4 Å². The SMILES string of the molecule is Cn1cc(C(CC(c2ccc(C(=O)NCCS(C)(=O)=O)cc2)c2ccc(Cl)cc2F)=NO)ccc1=O. The second-order valence-corrected chi connectivity index (χ2v) is 11.0. The Morgan fingerprint density at radius 2 is 1.81 bits per heavy atom. The fourth-order valence-corrected chi connectivity index (χ4v) is 4.32. The Morgan fingerprint density at radius 1 is 1.14 bits per heavy atom. The number of pyridine rings is 1. The van der Waals surface area contributed by atoms with E-state index in [9.17, 15) is 27.6 Å². The Hall–Kier alpha value is -3.50. The molecule has 2 N–H and O–H groups in total. The number of sulfone groups is 1. The largest absolute Gasteiger partial charge is 0.411 e. The van der Waals surface area contributed by atoms with Gasteiger partial charge in [-0.1, -0.05) is 35.0 Å². The molecule has 0 spiro atoms. The molecule has 36 heavy (non-hydrogen) atoms. The molecule has 0 aliphatic rings. The van der Waals surface area contributed by atoms with Crippen molar-refractivity contribution in [3.8, 4) is 0 Å². The quantitative estimate of drug-likeness (QED) is 0.248.